The molecule has 3 aromatic rings. The molecule has 3 heterocycles. The third kappa shape index (κ3) is 4.38. The highest BCUT2D eigenvalue weighted by Crippen LogP contribution is 2.27. The van der Waals surface area contributed by atoms with E-state index in [0.29, 0.717) is 18.2 Å². The minimum atomic E-state index is -0.191. The molecule has 1 aromatic carbocycles. The molecule has 0 radical (unpaired) electrons. The van der Waals surface area contributed by atoms with Crippen LogP contribution >= 0.6 is 0 Å². The Hall–Kier alpha value is -3.13. The smallest absolute Gasteiger partial charge is 0.272 e. The van der Waals surface area contributed by atoms with Gasteiger partial charge in [0.25, 0.3) is 5.91 Å². The number of carbonyl (C=O) groups excluding carboxylic acids is 1. The maximum atomic E-state index is 12.5. The van der Waals surface area contributed by atoms with E-state index in [-0.39, 0.29) is 5.91 Å². The van der Waals surface area contributed by atoms with Crippen LogP contribution in [0.15, 0.2) is 36.5 Å². The molecular formula is C22H28N6O2. The summed E-state index contributed by atoms with van der Waals surface area (Å²) in [6.45, 7) is 5.31. The number of H-pyrrole nitrogens is 1. The van der Waals surface area contributed by atoms with Gasteiger partial charge in [0.05, 0.1) is 12.8 Å². The van der Waals surface area contributed by atoms with Crippen molar-refractivity contribution in [3.63, 3.8) is 0 Å². The summed E-state index contributed by atoms with van der Waals surface area (Å²) in [6, 6.07) is 9.53. The van der Waals surface area contributed by atoms with Gasteiger partial charge in [0, 0.05) is 55.6 Å². The number of benzene rings is 1. The number of amides is 1. The van der Waals surface area contributed by atoms with Crippen molar-refractivity contribution < 1.29 is 9.53 Å². The predicted molar refractivity (Wildman–Crippen MR) is 113 cm³/mol. The monoisotopic (exact) mass is 408 g/mol. The zero-order chi connectivity index (χ0) is 21.1. The Morgan fingerprint density at radius 2 is 2.17 bits per heavy atom. The third-order valence-electron chi connectivity index (χ3n) is 5.68. The minimum absolute atomic E-state index is 0.191. The normalized spacial score (nSPS) is 16.7. The number of ether oxygens (including phenoxy) is 1. The summed E-state index contributed by atoms with van der Waals surface area (Å²) < 4.78 is 7.20. The Labute approximate surface area is 176 Å². The summed E-state index contributed by atoms with van der Waals surface area (Å²) in [4.78, 5) is 15.0. The molecule has 1 aliphatic rings. The van der Waals surface area contributed by atoms with Gasteiger partial charge < -0.3 is 10.1 Å². The van der Waals surface area contributed by atoms with Gasteiger partial charge in [-0.25, -0.2) is 0 Å². The topological polar surface area (TPSA) is 88.1 Å². The first-order valence-electron chi connectivity index (χ1n) is 10.2. The highest BCUT2D eigenvalue weighted by atomic mass is 16.5. The van der Waals surface area contributed by atoms with E-state index in [4.69, 9.17) is 4.74 Å². The lowest BCUT2D eigenvalue weighted by Gasteiger charge is -2.14. The molecule has 1 aliphatic heterocycles. The second-order valence-electron chi connectivity index (χ2n) is 7.84. The summed E-state index contributed by atoms with van der Waals surface area (Å²) in [5.41, 5.74) is 4.71. The van der Waals surface area contributed by atoms with E-state index < -0.39 is 0 Å². The molecule has 158 valence electrons. The molecule has 0 saturated carbocycles. The van der Waals surface area contributed by atoms with Crippen LogP contribution in [0.4, 0.5) is 0 Å². The second-order valence-corrected chi connectivity index (χ2v) is 7.84. The van der Waals surface area contributed by atoms with E-state index in [1.165, 1.54) is 5.56 Å². The van der Waals surface area contributed by atoms with Gasteiger partial charge in [-0.05, 0) is 32.0 Å². The first-order valence-corrected chi connectivity index (χ1v) is 10.2. The first kappa shape index (κ1) is 20.2. The average molecular weight is 409 g/mol. The fraction of sp³-hybridized carbons (Fsp3) is 0.409. The molecule has 8 nitrogen and oxygen atoms in total. The standard InChI is InChI=1S/C22H28N6O2/c1-15-18(12-27(2)26-15)14-28-9-8-17(13-28)19-10-20(25-24-19)22(29)23-11-16-6-4-5-7-21(16)30-3/h4-7,10,12,17H,8-9,11,13-14H2,1-3H3,(H,23,29)(H,24,25)/t17-/m1/s1. The van der Waals surface area contributed by atoms with Crippen LogP contribution in [0.2, 0.25) is 0 Å². The molecule has 4 rings (SSSR count). The summed E-state index contributed by atoms with van der Waals surface area (Å²) in [5, 5.41) is 14.7. The molecule has 0 bridgehead atoms. The van der Waals surface area contributed by atoms with E-state index in [2.05, 4.69) is 31.7 Å². The quantitative estimate of drug-likeness (QED) is 0.627. The van der Waals surface area contributed by atoms with E-state index in [9.17, 15) is 4.79 Å². The number of aromatic amines is 1. The van der Waals surface area contributed by atoms with Crippen molar-refractivity contribution in [2.75, 3.05) is 20.2 Å². The Morgan fingerprint density at radius 3 is 2.93 bits per heavy atom. The summed E-state index contributed by atoms with van der Waals surface area (Å²) in [7, 11) is 3.58. The Kier molecular flexibility index (Phi) is 5.85. The predicted octanol–water partition coefficient (Wildman–Crippen LogP) is 2.38. The largest absolute Gasteiger partial charge is 0.496 e. The zero-order valence-electron chi connectivity index (χ0n) is 17.7. The van der Waals surface area contributed by atoms with Crippen molar-refractivity contribution in [3.8, 4) is 5.75 Å². The molecule has 1 amide bonds. The molecule has 2 aromatic heterocycles. The van der Waals surface area contributed by atoms with Gasteiger partial charge in [-0.2, -0.15) is 10.2 Å². The number of methoxy groups -OCH3 is 1. The fourth-order valence-corrected chi connectivity index (χ4v) is 4.05. The van der Waals surface area contributed by atoms with Crippen molar-refractivity contribution >= 4 is 5.91 Å². The highest BCUT2D eigenvalue weighted by Gasteiger charge is 2.26. The lowest BCUT2D eigenvalue weighted by Crippen LogP contribution is -2.23. The molecular weight excluding hydrogens is 380 g/mol. The number of nitrogens with one attached hydrogen (secondary N) is 2. The van der Waals surface area contributed by atoms with Gasteiger partial charge in [0.15, 0.2) is 0 Å². The van der Waals surface area contributed by atoms with Crippen LogP contribution in [0, 0.1) is 6.92 Å². The summed E-state index contributed by atoms with van der Waals surface area (Å²) in [6.07, 6.45) is 3.13. The van der Waals surface area contributed by atoms with E-state index in [0.717, 1.165) is 48.8 Å². The van der Waals surface area contributed by atoms with E-state index in [1.807, 2.05) is 49.0 Å². The van der Waals surface area contributed by atoms with Crippen molar-refractivity contribution in [3.05, 3.63) is 64.7 Å². The lowest BCUT2D eigenvalue weighted by molar-refractivity contribution is 0.0945. The summed E-state index contributed by atoms with van der Waals surface area (Å²) in [5.74, 6) is 0.921. The summed E-state index contributed by atoms with van der Waals surface area (Å²) >= 11 is 0. The van der Waals surface area contributed by atoms with Crippen molar-refractivity contribution in [1.82, 2.24) is 30.2 Å². The maximum Gasteiger partial charge on any atom is 0.272 e. The fourth-order valence-electron chi connectivity index (χ4n) is 4.05. The van der Waals surface area contributed by atoms with Gasteiger partial charge in [0.1, 0.15) is 11.4 Å². The molecule has 1 saturated heterocycles. The molecule has 0 spiro atoms. The number of hydrogen-bond acceptors (Lipinski definition) is 5. The van der Waals surface area contributed by atoms with Crippen LogP contribution in [0.25, 0.3) is 0 Å². The number of nitrogens with zero attached hydrogens (tertiary/aromatic N) is 4. The van der Waals surface area contributed by atoms with Crippen LogP contribution in [-0.2, 0) is 20.1 Å². The Morgan fingerprint density at radius 1 is 1.33 bits per heavy atom. The van der Waals surface area contributed by atoms with Crippen molar-refractivity contribution in [1.29, 1.82) is 0 Å². The molecule has 0 unspecified atom stereocenters. The number of aryl methyl sites for hydroxylation is 2. The Balaban J connectivity index is 1.33. The first-order chi connectivity index (χ1) is 14.5. The average Bonchev–Trinajstić information content (AvgIpc) is 3.47. The van der Waals surface area contributed by atoms with Crippen LogP contribution in [-0.4, -0.2) is 51.0 Å². The molecule has 30 heavy (non-hydrogen) atoms. The van der Waals surface area contributed by atoms with Crippen LogP contribution in [0.5, 0.6) is 5.75 Å². The number of hydrogen-bond donors (Lipinski definition) is 2. The second kappa shape index (κ2) is 8.71. The molecule has 1 atom stereocenters. The minimum Gasteiger partial charge on any atom is -0.496 e. The van der Waals surface area contributed by atoms with Crippen LogP contribution < -0.4 is 10.1 Å². The van der Waals surface area contributed by atoms with Gasteiger partial charge in [-0.3, -0.25) is 19.5 Å². The number of likely N-dealkylation sites (tertiary alicyclic amines) is 1. The van der Waals surface area contributed by atoms with Crippen LogP contribution in [0.3, 0.4) is 0 Å². The van der Waals surface area contributed by atoms with Gasteiger partial charge in [-0.1, -0.05) is 18.2 Å². The van der Waals surface area contributed by atoms with E-state index in [1.54, 1.807) is 7.11 Å². The SMILES string of the molecule is COc1ccccc1CNC(=O)c1cc([C@@H]2CCN(Cc3cn(C)nc3C)C2)[nH]n1. The van der Waals surface area contributed by atoms with E-state index >= 15 is 0 Å². The molecule has 0 aliphatic carbocycles. The highest BCUT2D eigenvalue weighted by molar-refractivity contribution is 5.92. The van der Waals surface area contributed by atoms with Gasteiger partial charge >= 0.3 is 0 Å². The van der Waals surface area contributed by atoms with Crippen molar-refractivity contribution in [2.45, 2.75) is 32.4 Å². The van der Waals surface area contributed by atoms with Gasteiger partial charge in [-0.15, -0.1) is 0 Å². The number of rotatable bonds is 7. The Bertz CT molecular complexity index is 1020. The number of aromatic nitrogens is 4. The molecule has 1 fully saturated rings. The van der Waals surface area contributed by atoms with Crippen molar-refractivity contribution in [2.24, 2.45) is 7.05 Å². The third-order valence-corrected chi connectivity index (χ3v) is 5.68. The zero-order valence-corrected chi connectivity index (χ0v) is 17.7. The number of carbonyl (C=O) groups is 1. The lowest BCUT2D eigenvalue weighted by atomic mass is 10.0. The number of para-hydroxylation sites is 1. The maximum absolute atomic E-state index is 12.5. The van der Waals surface area contributed by atoms with Crippen LogP contribution in [0.1, 0.15) is 45.3 Å². The molecule has 2 N–H and O–H groups in total. The van der Waals surface area contributed by atoms with Gasteiger partial charge in [0.2, 0.25) is 0 Å². The molecule has 8 heteroatoms.